The molecule has 66 valence electrons. The highest BCUT2D eigenvalue weighted by Gasteiger charge is 2.21. The second kappa shape index (κ2) is 2.74. The Morgan fingerprint density at radius 2 is 2.08 bits per heavy atom. The van der Waals surface area contributed by atoms with Gasteiger partial charge < -0.3 is 10.5 Å². The molecule has 0 aromatic rings. The topological polar surface area (TPSA) is 86.1 Å². The number of nitrogens with one attached hydrogen (secondary N) is 2. The first-order valence-corrected chi connectivity index (χ1v) is 3.55. The number of carboxylic acid groups (broad SMARTS) is 1. The zero-order valence-corrected chi connectivity index (χ0v) is 6.48. The molecule has 0 aromatic heterocycles. The molecule has 0 amide bonds. The van der Waals surface area contributed by atoms with Crippen molar-refractivity contribution in [2.24, 2.45) is 10.2 Å². The van der Waals surface area contributed by atoms with Gasteiger partial charge in [0.2, 0.25) is 0 Å². The summed E-state index contributed by atoms with van der Waals surface area (Å²) in [4.78, 5) is 10.7. The van der Waals surface area contributed by atoms with E-state index in [1.54, 1.807) is 0 Å². The Morgan fingerprint density at radius 1 is 1.38 bits per heavy atom. The highest BCUT2D eigenvalue weighted by Crippen LogP contribution is 2.14. The summed E-state index contributed by atoms with van der Waals surface area (Å²) in [5, 5.41) is 16.0. The SMILES string of the molecule is O=C(O)C1=CNNC1=C1C=NN=C1. The van der Waals surface area contributed by atoms with Crippen molar-refractivity contribution in [1.82, 2.24) is 10.9 Å². The van der Waals surface area contributed by atoms with Gasteiger partial charge in [-0.15, -0.1) is 0 Å². The molecular weight excluding hydrogens is 172 g/mol. The van der Waals surface area contributed by atoms with E-state index in [1.165, 1.54) is 18.6 Å². The van der Waals surface area contributed by atoms with Crippen LogP contribution in [0.25, 0.3) is 0 Å². The van der Waals surface area contributed by atoms with E-state index in [0.29, 0.717) is 11.3 Å². The van der Waals surface area contributed by atoms with Crippen LogP contribution in [-0.2, 0) is 4.79 Å². The van der Waals surface area contributed by atoms with Gasteiger partial charge in [-0.1, -0.05) is 0 Å². The Kier molecular flexibility index (Phi) is 1.59. The summed E-state index contributed by atoms with van der Waals surface area (Å²) < 4.78 is 0. The molecule has 0 aromatic carbocycles. The molecule has 0 radical (unpaired) electrons. The predicted molar refractivity (Wildman–Crippen MR) is 46.0 cm³/mol. The lowest BCUT2D eigenvalue weighted by atomic mass is 10.1. The smallest absolute Gasteiger partial charge is 0.339 e. The Morgan fingerprint density at radius 3 is 2.69 bits per heavy atom. The van der Waals surface area contributed by atoms with Crippen molar-refractivity contribution >= 4 is 18.4 Å². The summed E-state index contributed by atoms with van der Waals surface area (Å²) >= 11 is 0. The minimum Gasteiger partial charge on any atom is -0.478 e. The number of hydrogen-bond acceptors (Lipinski definition) is 5. The van der Waals surface area contributed by atoms with Gasteiger partial charge in [0, 0.05) is 11.8 Å². The molecule has 0 saturated carbocycles. The Labute approximate surface area is 73.3 Å². The minimum atomic E-state index is -0.992. The number of hydrogen-bond donors (Lipinski definition) is 3. The van der Waals surface area contributed by atoms with Gasteiger partial charge in [-0.05, 0) is 0 Å². The maximum Gasteiger partial charge on any atom is 0.339 e. The van der Waals surface area contributed by atoms with Crippen molar-refractivity contribution in [2.75, 3.05) is 0 Å². The highest BCUT2D eigenvalue weighted by atomic mass is 16.4. The summed E-state index contributed by atoms with van der Waals surface area (Å²) in [6.07, 6.45) is 4.36. The molecule has 0 bridgehead atoms. The molecule has 2 heterocycles. The van der Waals surface area contributed by atoms with Crippen LogP contribution in [0.1, 0.15) is 0 Å². The predicted octanol–water partition coefficient (Wildman–Crippen LogP) is -0.613. The highest BCUT2D eigenvalue weighted by molar-refractivity contribution is 6.10. The Bertz CT molecular complexity index is 364. The maximum absolute atomic E-state index is 10.7. The molecule has 13 heavy (non-hydrogen) atoms. The summed E-state index contributed by atoms with van der Waals surface area (Å²) in [6, 6.07) is 0. The zero-order chi connectivity index (χ0) is 9.26. The van der Waals surface area contributed by atoms with Crippen molar-refractivity contribution in [3.63, 3.8) is 0 Å². The molecular formula is C7H6N4O2. The second-order valence-corrected chi connectivity index (χ2v) is 2.45. The molecule has 0 saturated heterocycles. The number of allylic oxidation sites excluding steroid dienone is 1. The number of carbonyl (C=O) groups is 1. The van der Waals surface area contributed by atoms with E-state index >= 15 is 0 Å². The van der Waals surface area contributed by atoms with Gasteiger partial charge in [-0.2, -0.15) is 10.2 Å². The minimum absolute atomic E-state index is 0.176. The van der Waals surface area contributed by atoms with Crippen LogP contribution in [0.3, 0.4) is 0 Å². The molecule has 6 heteroatoms. The van der Waals surface area contributed by atoms with E-state index in [9.17, 15) is 4.79 Å². The van der Waals surface area contributed by atoms with Crippen LogP contribution < -0.4 is 10.9 Å². The molecule has 3 N–H and O–H groups in total. The summed E-state index contributed by atoms with van der Waals surface area (Å²) in [7, 11) is 0. The standard InChI is InChI=1S/C7H6N4O2/c12-7(13)5-3-10-11-6(5)4-1-8-9-2-4/h1-3,10-11H,(H,12,13). The van der Waals surface area contributed by atoms with Crippen molar-refractivity contribution in [3.05, 3.63) is 23.0 Å². The molecule has 0 atom stereocenters. The average Bonchev–Trinajstić information content (AvgIpc) is 2.74. The lowest BCUT2D eigenvalue weighted by molar-refractivity contribution is -0.132. The van der Waals surface area contributed by atoms with E-state index in [4.69, 9.17) is 5.11 Å². The van der Waals surface area contributed by atoms with Crippen LogP contribution in [0.2, 0.25) is 0 Å². The summed E-state index contributed by atoms with van der Waals surface area (Å²) in [6.45, 7) is 0. The van der Waals surface area contributed by atoms with Crippen LogP contribution in [-0.4, -0.2) is 23.5 Å². The Hall–Kier alpha value is -2.11. The first-order chi connectivity index (χ1) is 6.29. The van der Waals surface area contributed by atoms with E-state index in [2.05, 4.69) is 21.1 Å². The molecule has 0 spiro atoms. The molecule has 2 aliphatic rings. The quantitative estimate of drug-likeness (QED) is 0.499. The van der Waals surface area contributed by atoms with E-state index in [-0.39, 0.29) is 5.57 Å². The van der Waals surface area contributed by atoms with Gasteiger partial charge in [-0.3, -0.25) is 5.43 Å². The third kappa shape index (κ3) is 1.18. The molecule has 0 unspecified atom stereocenters. The van der Waals surface area contributed by atoms with Crippen LogP contribution in [0.15, 0.2) is 33.2 Å². The first kappa shape index (κ1) is 7.53. The lowest BCUT2D eigenvalue weighted by Gasteiger charge is -2.01. The van der Waals surface area contributed by atoms with Crippen molar-refractivity contribution < 1.29 is 9.90 Å². The van der Waals surface area contributed by atoms with E-state index in [0.717, 1.165) is 0 Å². The number of rotatable bonds is 1. The van der Waals surface area contributed by atoms with Crippen molar-refractivity contribution in [2.45, 2.75) is 0 Å². The zero-order valence-electron chi connectivity index (χ0n) is 6.48. The maximum atomic E-state index is 10.7. The third-order valence-electron chi connectivity index (χ3n) is 1.66. The van der Waals surface area contributed by atoms with Crippen LogP contribution >= 0.6 is 0 Å². The number of carboxylic acids is 1. The van der Waals surface area contributed by atoms with Crippen LogP contribution in [0, 0.1) is 0 Å². The third-order valence-corrected chi connectivity index (χ3v) is 1.66. The second-order valence-electron chi connectivity index (χ2n) is 2.45. The number of aliphatic carboxylic acids is 1. The van der Waals surface area contributed by atoms with Gasteiger partial charge in [0.15, 0.2) is 0 Å². The van der Waals surface area contributed by atoms with Crippen molar-refractivity contribution in [1.29, 1.82) is 0 Å². The monoisotopic (exact) mass is 178 g/mol. The Balaban J connectivity index is 2.41. The summed E-state index contributed by atoms with van der Waals surface area (Å²) in [5.74, 6) is -0.992. The van der Waals surface area contributed by atoms with E-state index in [1.807, 2.05) is 0 Å². The molecule has 0 fully saturated rings. The number of nitrogens with zero attached hydrogens (tertiary/aromatic N) is 2. The molecule has 2 rings (SSSR count). The average molecular weight is 178 g/mol. The fourth-order valence-corrected chi connectivity index (χ4v) is 1.07. The van der Waals surface area contributed by atoms with Gasteiger partial charge in [0.05, 0.1) is 18.1 Å². The molecule has 6 nitrogen and oxygen atoms in total. The molecule has 0 aliphatic carbocycles. The van der Waals surface area contributed by atoms with Gasteiger partial charge in [0.25, 0.3) is 0 Å². The first-order valence-electron chi connectivity index (χ1n) is 3.55. The molecule has 2 aliphatic heterocycles. The lowest BCUT2D eigenvalue weighted by Crippen LogP contribution is -2.21. The van der Waals surface area contributed by atoms with Gasteiger partial charge in [0.1, 0.15) is 5.57 Å². The summed E-state index contributed by atoms with van der Waals surface area (Å²) in [5.41, 5.74) is 6.62. The van der Waals surface area contributed by atoms with Gasteiger partial charge in [-0.25, -0.2) is 4.79 Å². The normalized spacial score (nSPS) is 18.6. The van der Waals surface area contributed by atoms with E-state index < -0.39 is 5.97 Å². The fraction of sp³-hybridized carbons (Fsp3) is 0. The number of hydrazine groups is 1. The van der Waals surface area contributed by atoms with Crippen molar-refractivity contribution in [3.8, 4) is 0 Å². The van der Waals surface area contributed by atoms with Crippen LogP contribution in [0.4, 0.5) is 0 Å². The largest absolute Gasteiger partial charge is 0.478 e. The van der Waals surface area contributed by atoms with Gasteiger partial charge >= 0.3 is 5.97 Å². The fourth-order valence-electron chi connectivity index (χ4n) is 1.07. The van der Waals surface area contributed by atoms with Crippen LogP contribution in [0.5, 0.6) is 0 Å².